The number of nitrogens with two attached hydrogens (primary N) is 1. The monoisotopic (exact) mass is 620 g/mol. The van der Waals surface area contributed by atoms with Crippen molar-refractivity contribution >= 4 is 45.9 Å². The molecule has 2 aromatic carbocycles. The van der Waals surface area contributed by atoms with Gasteiger partial charge in [-0.1, -0.05) is 54.6 Å². The van der Waals surface area contributed by atoms with Crippen molar-refractivity contribution in [1.82, 2.24) is 24.5 Å². The van der Waals surface area contributed by atoms with Crippen molar-refractivity contribution in [1.29, 1.82) is 0 Å². The summed E-state index contributed by atoms with van der Waals surface area (Å²) in [6.45, 7) is 0. The number of halogens is 1. The van der Waals surface area contributed by atoms with Crippen LogP contribution in [0.4, 0.5) is 5.82 Å². The molecule has 0 bridgehead atoms. The van der Waals surface area contributed by atoms with Crippen LogP contribution in [0.15, 0.2) is 71.8 Å². The first-order valence-corrected chi connectivity index (χ1v) is 14.6. The highest BCUT2D eigenvalue weighted by atomic mass is 35.5. The Labute approximate surface area is 253 Å². The molecule has 6 atom stereocenters. The summed E-state index contributed by atoms with van der Waals surface area (Å²) in [6, 6.07) is 17.6. The number of carbonyl (C=O) groups is 1. The van der Waals surface area contributed by atoms with Crippen molar-refractivity contribution in [2.75, 3.05) is 12.8 Å². The minimum Gasteiger partial charge on any atom is -0.467 e. The summed E-state index contributed by atoms with van der Waals surface area (Å²) >= 11 is 7.28. The van der Waals surface area contributed by atoms with Crippen molar-refractivity contribution < 1.29 is 29.2 Å². The number of aromatic nitrogens is 5. The molecule has 220 valence electrons. The third-order valence-corrected chi connectivity index (χ3v) is 8.76. The predicted molar refractivity (Wildman–Crippen MR) is 156 cm³/mol. The van der Waals surface area contributed by atoms with Crippen LogP contribution in [-0.4, -0.2) is 71.7 Å². The van der Waals surface area contributed by atoms with Crippen molar-refractivity contribution in [3.8, 4) is 11.1 Å². The molecule has 4 N–H and O–H groups in total. The van der Waals surface area contributed by atoms with Gasteiger partial charge in [0.1, 0.15) is 23.8 Å². The summed E-state index contributed by atoms with van der Waals surface area (Å²) < 4.78 is 19.2. The number of imidazole rings is 1. The van der Waals surface area contributed by atoms with E-state index in [1.165, 1.54) is 29.3 Å². The van der Waals surface area contributed by atoms with Gasteiger partial charge in [-0.05, 0) is 28.3 Å². The number of methoxy groups -OCH3 is 1. The van der Waals surface area contributed by atoms with Crippen LogP contribution in [0.2, 0.25) is 5.28 Å². The largest absolute Gasteiger partial charge is 0.467 e. The second-order valence-corrected chi connectivity index (χ2v) is 11.5. The van der Waals surface area contributed by atoms with Crippen LogP contribution in [0, 0.1) is 0 Å². The van der Waals surface area contributed by atoms with E-state index >= 15 is 0 Å². The Kier molecular flexibility index (Phi) is 6.69. The van der Waals surface area contributed by atoms with E-state index in [1.807, 2.05) is 54.6 Å². The van der Waals surface area contributed by atoms with Crippen LogP contribution in [0.1, 0.15) is 17.5 Å². The summed E-state index contributed by atoms with van der Waals surface area (Å²) in [6.07, 6.45) is -3.20. The van der Waals surface area contributed by atoms with Crippen LogP contribution < -0.4 is 5.73 Å². The Balaban J connectivity index is 1.19. The van der Waals surface area contributed by atoms with E-state index in [-0.39, 0.29) is 28.7 Å². The number of carbonyl (C=O) groups excluding carboxylic acids is 1. The number of nitrogen functional groups attached to an aromatic ring is 1. The summed E-state index contributed by atoms with van der Waals surface area (Å²) in [5, 5.41) is 24.5. The Morgan fingerprint density at radius 3 is 2.56 bits per heavy atom. The molecule has 1 aliphatic heterocycles. The van der Waals surface area contributed by atoms with Crippen molar-refractivity contribution in [2.45, 2.75) is 42.2 Å². The first kappa shape index (κ1) is 27.8. The number of hydrogen-bond acceptors (Lipinski definition) is 12. The van der Waals surface area contributed by atoms with Gasteiger partial charge in [0.2, 0.25) is 10.9 Å². The standard InChI is InChI=1S/C29H25ClN6O6S/c1-40-26(38)28(18-12-43-14-33-18,11-15-7-9-17(10-8-15)16-5-3-2-4-6-16)42-22-21-29(22,39)20(37)25(41-21)36-13-32-19-23(31)34-27(30)35-24(19)36/h2-10,12-14,20-22,25,37,39H,11H2,1H3,(H2,31,34,35)/t20-,21+,22?,25+,28?,29-/m0/s1. The molecular formula is C29H25ClN6O6S. The van der Waals surface area contributed by atoms with Gasteiger partial charge in [-0.3, -0.25) is 4.57 Å². The summed E-state index contributed by atoms with van der Waals surface area (Å²) in [5.41, 5.74) is 7.57. The minimum absolute atomic E-state index is 0.0537. The van der Waals surface area contributed by atoms with Gasteiger partial charge in [0.25, 0.3) is 0 Å². The molecule has 0 amide bonds. The normalized spacial score (nSPS) is 25.8. The number of fused-ring (bicyclic) bond motifs is 2. The third kappa shape index (κ3) is 4.39. The predicted octanol–water partition coefficient (Wildman–Crippen LogP) is 2.88. The maximum Gasteiger partial charge on any atom is 0.344 e. The second-order valence-electron chi connectivity index (χ2n) is 10.5. The number of hydrogen-bond donors (Lipinski definition) is 3. The van der Waals surface area contributed by atoms with Gasteiger partial charge < -0.3 is 30.2 Å². The zero-order valence-electron chi connectivity index (χ0n) is 22.6. The fraction of sp³-hybridized carbons (Fsp3) is 0.276. The van der Waals surface area contributed by atoms with Crippen molar-refractivity contribution in [3.63, 3.8) is 0 Å². The zero-order valence-corrected chi connectivity index (χ0v) is 24.1. The number of anilines is 1. The lowest BCUT2D eigenvalue weighted by molar-refractivity contribution is -0.189. The molecule has 1 aliphatic carbocycles. The number of nitrogens with zero attached hydrogens (tertiary/aromatic N) is 5. The van der Waals surface area contributed by atoms with E-state index < -0.39 is 41.7 Å². The van der Waals surface area contributed by atoms with Crippen LogP contribution in [-0.2, 0) is 31.0 Å². The highest BCUT2D eigenvalue weighted by Crippen LogP contribution is 2.57. The quantitative estimate of drug-likeness (QED) is 0.172. The number of ether oxygens (including phenoxy) is 3. The molecule has 7 rings (SSSR count). The molecule has 2 unspecified atom stereocenters. The minimum atomic E-state index is -1.85. The lowest BCUT2D eigenvalue weighted by Crippen LogP contribution is -2.46. The highest BCUT2D eigenvalue weighted by Gasteiger charge is 2.79. The molecular weight excluding hydrogens is 596 g/mol. The summed E-state index contributed by atoms with van der Waals surface area (Å²) in [7, 11) is 1.26. The average molecular weight is 621 g/mol. The molecule has 0 radical (unpaired) electrons. The average Bonchev–Trinajstić information content (AvgIpc) is 3.52. The lowest BCUT2D eigenvalue weighted by Gasteiger charge is -2.32. The fourth-order valence-corrected chi connectivity index (χ4v) is 6.50. The van der Waals surface area contributed by atoms with Gasteiger partial charge in [-0.2, -0.15) is 9.97 Å². The van der Waals surface area contributed by atoms with E-state index in [0.717, 1.165) is 16.7 Å². The Morgan fingerprint density at radius 1 is 1.16 bits per heavy atom. The number of aliphatic hydroxyl groups excluding tert-OH is 1. The molecule has 43 heavy (non-hydrogen) atoms. The van der Waals surface area contributed by atoms with E-state index in [0.29, 0.717) is 5.69 Å². The van der Waals surface area contributed by atoms with Gasteiger partial charge in [-0.15, -0.1) is 11.3 Å². The highest BCUT2D eigenvalue weighted by molar-refractivity contribution is 7.07. The molecule has 2 fully saturated rings. The topological polar surface area (TPSA) is 168 Å². The smallest absolute Gasteiger partial charge is 0.344 e. The Hall–Kier alpha value is -3.98. The second kappa shape index (κ2) is 10.3. The van der Waals surface area contributed by atoms with Crippen molar-refractivity contribution in [3.05, 3.63) is 88.4 Å². The fourth-order valence-electron chi connectivity index (χ4n) is 5.72. The maximum absolute atomic E-state index is 13.5. The number of aliphatic hydroxyl groups is 2. The number of thiazole rings is 1. The van der Waals surface area contributed by atoms with Gasteiger partial charge >= 0.3 is 5.97 Å². The number of esters is 1. The molecule has 2 aliphatic rings. The van der Waals surface area contributed by atoms with E-state index in [2.05, 4.69) is 19.9 Å². The van der Waals surface area contributed by atoms with Gasteiger partial charge in [0, 0.05) is 11.8 Å². The summed E-state index contributed by atoms with van der Waals surface area (Å²) in [4.78, 5) is 30.2. The zero-order chi connectivity index (χ0) is 29.9. The molecule has 5 aromatic rings. The molecule has 3 aromatic heterocycles. The summed E-state index contributed by atoms with van der Waals surface area (Å²) in [5.74, 6) is -0.637. The Bertz CT molecular complexity index is 1810. The molecule has 4 heterocycles. The number of benzene rings is 2. The van der Waals surface area contributed by atoms with E-state index in [4.69, 9.17) is 31.5 Å². The van der Waals surface area contributed by atoms with Gasteiger partial charge in [0.15, 0.2) is 23.3 Å². The van der Waals surface area contributed by atoms with Gasteiger partial charge in [-0.25, -0.2) is 14.8 Å². The van der Waals surface area contributed by atoms with Crippen LogP contribution >= 0.6 is 22.9 Å². The SMILES string of the molecule is COC(=O)C(Cc1ccc(-c2ccccc2)cc1)(OC1[C@H]2O[C@@H](n3cnc4c(N)nc(Cl)nc43)[C@H](O)[C@@]12O)c1cscn1. The van der Waals surface area contributed by atoms with E-state index in [1.54, 1.807) is 10.9 Å². The van der Waals surface area contributed by atoms with Crippen molar-refractivity contribution in [2.24, 2.45) is 0 Å². The molecule has 12 nitrogen and oxygen atoms in total. The Morgan fingerprint density at radius 2 is 1.91 bits per heavy atom. The molecule has 14 heteroatoms. The molecule has 1 saturated heterocycles. The van der Waals surface area contributed by atoms with Crippen LogP contribution in [0.5, 0.6) is 0 Å². The van der Waals surface area contributed by atoms with Crippen LogP contribution in [0.25, 0.3) is 22.3 Å². The lowest BCUT2D eigenvalue weighted by atomic mass is 9.90. The maximum atomic E-state index is 13.5. The number of rotatable bonds is 8. The first-order chi connectivity index (χ1) is 20.8. The van der Waals surface area contributed by atoms with Gasteiger partial charge in [0.05, 0.1) is 24.6 Å². The van der Waals surface area contributed by atoms with Crippen LogP contribution in [0.3, 0.4) is 0 Å². The molecule has 1 saturated carbocycles. The van der Waals surface area contributed by atoms with E-state index in [9.17, 15) is 15.0 Å². The first-order valence-electron chi connectivity index (χ1n) is 13.3. The third-order valence-electron chi connectivity index (χ3n) is 8.01. The molecule has 0 spiro atoms.